The minimum absolute atomic E-state index is 0.282. The van der Waals surface area contributed by atoms with Crippen LogP contribution < -0.4 is 11.1 Å². The van der Waals surface area contributed by atoms with Crippen LogP contribution in [0.15, 0.2) is 54.7 Å². The molecular weight excluding hydrogens is 266 g/mol. The van der Waals surface area contributed by atoms with E-state index in [1.807, 2.05) is 18.2 Å². The molecule has 1 aromatic heterocycles. The minimum atomic E-state index is -0.580. The Kier molecular flexibility index (Phi) is 3.16. The van der Waals surface area contributed by atoms with Crippen molar-refractivity contribution in [2.24, 2.45) is 5.73 Å². The standard InChI is InChI=1S/C16H13N3O2/c17-15(20)11-5-1-2-7-13(11)19-16(21)12-6-3-4-10-8-9-18-14(10)12/h1-9,18H,(H2,17,20)(H,19,21). The number of nitrogens with two attached hydrogens (primary N) is 1. The van der Waals surface area contributed by atoms with Gasteiger partial charge >= 0.3 is 0 Å². The van der Waals surface area contributed by atoms with Crippen molar-refractivity contribution in [2.75, 3.05) is 5.32 Å². The number of hydrogen-bond acceptors (Lipinski definition) is 2. The van der Waals surface area contributed by atoms with Crippen molar-refractivity contribution >= 4 is 28.4 Å². The van der Waals surface area contributed by atoms with Crippen molar-refractivity contribution in [3.63, 3.8) is 0 Å². The van der Waals surface area contributed by atoms with Gasteiger partial charge in [0.05, 0.1) is 22.3 Å². The van der Waals surface area contributed by atoms with E-state index in [4.69, 9.17) is 5.73 Å². The highest BCUT2D eigenvalue weighted by molar-refractivity contribution is 6.14. The molecule has 0 radical (unpaired) electrons. The number of amides is 2. The molecule has 0 fully saturated rings. The maximum atomic E-state index is 12.4. The second-order valence-corrected chi connectivity index (χ2v) is 4.61. The van der Waals surface area contributed by atoms with E-state index in [0.29, 0.717) is 11.3 Å². The lowest BCUT2D eigenvalue weighted by Crippen LogP contribution is -2.18. The summed E-state index contributed by atoms with van der Waals surface area (Å²) in [4.78, 5) is 26.8. The van der Waals surface area contributed by atoms with Crippen LogP contribution in [0.5, 0.6) is 0 Å². The van der Waals surface area contributed by atoms with Gasteiger partial charge in [-0.25, -0.2) is 0 Å². The van der Waals surface area contributed by atoms with Crippen LogP contribution in [0, 0.1) is 0 Å². The Balaban J connectivity index is 1.97. The molecule has 5 heteroatoms. The Morgan fingerprint density at radius 1 is 0.952 bits per heavy atom. The first-order valence-corrected chi connectivity index (χ1v) is 6.43. The van der Waals surface area contributed by atoms with Crippen LogP contribution in [0.2, 0.25) is 0 Å². The maximum absolute atomic E-state index is 12.4. The number of aromatic amines is 1. The third-order valence-corrected chi connectivity index (χ3v) is 3.27. The van der Waals surface area contributed by atoms with Crippen LogP contribution >= 0.6 is 0 Å². The monoisotopic (exact) mass is 279 g/mol. The van der Waals surface area contributed by atoms with Gasteiger partial charge in [0, 0.05) is 11.6 Å². The van der Waals surface area contributed by atoms with E-state index >= 15 is 0 Å². The summed E-state index contributed by atoms with van der Waals surface area (Å²) in [6.07, 6.45) is 1.78. The Hall–Kier alpha value is -3.08. The van der Waals surface area contributed by atoms with Crippen molar-refractivity contribution in [3.05, 3.63) is 65.9 Å². The molecule has 4 N–H and O–H groups in total. The highest BCUT2D eigenvalue weighted by Gasteiger charge is 2.14. The van der Waals surface area contributed by atoms with Gasteiger partial charge in [-0.3, -0.25) is 9.59 Å². The minimum Gasteiger partial charge on any atom is -0.366 e. The third kappa shape index (κ3) is 2.36. The molecule has 0 saturated heterocycles. The second-order valence-electron chi connectivity index (χ2n) is 4.61. The van der Waals surface area contributed by atoms with Crippen LogP contribution in [-0.4, -0.2) is 16.8 Å². The maximum Gasteiger partial charge on any atom is 0.257 e. The molecule has 1 heterocycles. The van der Waals surface area contributed by atoms with Crippen LogP contribution in [0.3, 0.4) is 0 Å². The lowest BCUT2D eigenvalue weighted by Gasteiger charge is -2.09. The largest absolute Gasteiger partial charge is 0.366 e. The Morgan fingerprint density at radius 2 is 1.71 bits per heavy atom. The number of anilines is 1. The first-order valence-electron chi connectivity index (χ1n) is 6.43. The van der Waals surface area contributed by atoms with E-state index in [-0.39, 0.29) is 11.5 Å². The van der Waals surface area contributed by atoms with Crippen molar-refractivity contribution < 1.29 is 9.59 Å². The number of primary amides is 1. The second kappa shape index (κ2) is 5.13. The molecule has 3 rings (SSSR count). The summed E-state index contributed by atoms with van der Waals surface area (Å²) in [5.74, 6) is -0.874. The van der Waals surface area contributed by atoms with E-state index < -0.39 is 5.91 Å². The zero-order chi connectivity index (χ0) is 14.8. The number of carbonyl (C=O) groups excluding carboxylic acids is 2. The van der Waals surface area contributed by atoms with Crippen molar-refractivity contribution in [3.8, 4) is 0 Å². The van der Waals surface area contributed by atoms with Gasteiger partial charge in [0.1, 0.15) is 0 Å². The van der Waals surface area contributed by atoms with E-state index in [2.05, 4.69) is 10.3 Å². The highest BCUT2D eigenvalue weighted by Crippen LogP contribution is 2.20. The predicted molar refractivity (Wildman–Crippen MR) is 81.2 cm³/mol. The van der Waals surface area contributed by atoms with Crippen LogP contribution in [-0.2, 0) is 0 Å². The molecule has 0 aliphatic heterocycles. The van der Waals surface area contributed by atoms with Gasteiger partial charge in [-0.2, -0.15) is 0 Å². The molecule has 0 atom stereocenters. The van der Waals surface area contributed by atoms with Crippen LogP contribution in [0.25, 0.3) is 10.9 Å². The number of H-pyrrole nitrogens is 1. The Labute approximate surface area is 120 Å². The smallest absolute Gasteiger partial charge is 0.257 e. The number of rotatable bonds is 3. The third-order valence-electron chi connectivity index (χ3n) is 3.27. The molecular formula is C16H13N3O2. The first kappa shape index (κ1) is 12.9. The predicted octanol–water partition coefficient (Wildman–Crippen LogP) is 2.52. The summed E-state index contributed by atoms with van der Waals surface area (Å²) in [6, 6.07) is 14.0. The summed E-state index contributed by atoms with van der Waals surface area (Å²) in [7, 11) is 0. The highest BCUT2D eigenvalue weighted by atomic mass is 16.2. The molecule has 21 heavy (non-hydrogen) atoms. The first-order chi connectivity index (χ1) is 10.2. The van der Waals surface area contributed by atoms with E-state index in [1.54, 1.807) is 36.5 Å². The average Bonchev–Trinajstić information content (AvgIpc) is 2.95. The number of benzene rings is 2. The topological polar surface area (TPSA) is 88.0 Å². The molecule has 0 saturated carbocycles. The number of aromatic nitrogens is 1. The summed E-state index contributed by atoms with van der Waals surface area (Å²) in [5, 5.41) is 3.68. The summed E-state index contributed by atoms with van der Waals surface area (Å²) in [6.45, 7) is 0. The fourth-order valence-corrected chi connectivity index (χ4v) is 2.27. The quantitative estimate of drug-likeness (QED) is 0.687. The number of fused-ring (bicyclic) bond motifs is 1. The van der Waals surface area contributed by atoms with Crippen molar-refractivity contribution in [1.29, 1.82) is 0 Å². The van der Waals surface area contributed by atoms with E-state index in [9.17, 15) is 9.59 Å². The number of nitrogens with one attached hydrogen (secondary N) is 2. The molecule has 0 bridgehead atoms. The van der Waals surface area contributed by atoms with E-state index in [0.717, 1.165) is 10.9 Å². The van der Waals surface area contributed by atoms with Gasteiger partial charge in [-0.1, -0.05) is 24.3 Å². The Morgan fingerprint density at radius 3 is 2.52 bits per heavy atom. The van der Waals surface area contributed by atoms with Crippen molar-refractivity contribution in [1.82, 2.24) is 4.98 Å². The van der Waals surface area contributed by atoms with Crippen LogP contribution in [0.1, 0.15) is 20.7 Å². The van der Waals surface area contributed by atoms with Gasteiger partial charge in [0.25, 0.3) is 11.8 Å². The van der Waals surface area contributed by atoms with Crippen LogP contribution in [0.4, 0.5) is 5.69 Å². The lowest BCUT2D eigenvalue weighted by molar-refractivity contribution is 0.100. The van der Waals surface area contributed by atoms with Gasteiger partial charge in [-0.05, 0) is 24.3 Å². The molecule has 0 unspecified atom stereocenters. The molecule has 5 nitrogen and oxygen atoms in total. The zero-order valence-corrected chi connectivity index (χ0v) is 11.1. The number of carbonyl (C=O) groups is 2. The normalized spacial score (nSPS) is 10.5. The summed E-state index contributed by atoms with van der Waals surface area (Å²) in [5.41, 5.74) is 7.26. The molecule has 0 aliphatic carbocycles. The Bertz CT molecular complexity index is 836. The molecule has 0 aliphatic rings. The fourth-order valence-electron chi connectivity index (χ4n) is 2.27. The van der Waals surface area contributed by atoms with Gasteiger partial charge in [0.15, 0.2) is 0 Å². The van der Waals surface area contributed by atoms with E-state index in [1.165, 1.54) is 0 Å². The SMILES string of the molecule is NC(=O)c1ccccc1NC(=O)c1cccc2cc[nH]c12. The summed E-state index contributed by atoms with van der Waals surface area (Å²) >= 11 is 0. The number of hydrogen-bond donors (Lipinski definition) is 3. The molecule has 104 valence electrons. The molecule has 2 aromatic carbocycles. The van der Waals surface area contributed by atoms with Crippen molar-refractivity contribution in [2.45, 2.75) is 0 Å². The van der Waals surface area contributed by atoms with Gasteiger partial charge in [-0.15, -0.1) is 0 Å². The average molecular weight is 279 g/mol. The molecule has 2 amide bonds. The zero-order valence-electron chi connectivity index (χ0n) is 11.1. The summed E-state index contributed by atoms with van der Waals surface area (Å²) < 4.78 is 0. The molecule has 3 aromatic rings. The number of para-hydroxylation sites is 2. The fraction of sp³-hybridized carbons (Fsp3) is 0. The van der Waals surface area contributed by atoms with Gasteiger partial charge in [0.2, 0.25) is 0 Å². The lowest BCUT2D eigenvalue weighted by atomic mass is 10.1. The molecule has 0 spiro atoms. The van der Waals surface area contributed by atoms with Gasteiger partial charge < -0.3 is 16.0 Å².